The van der Waals surface area contributed by atoms with E-state index in [1.54, 1.807) is 30.5 Å². The van der Waals surface area contributed by atoms with Crippen LogP contribution >= 0.6 is 0 Å². The number of halogens is 1. The highest BCUT2D eigenvalue weighted by atomic mass is 19.1. The predicted octanol–water partition coefficient (Wildman–Crippen LogP) is 3.95. The van der Waals surface area contributed by atoms with Crippen molar-refractivity contribution in [3.05, 3.63) is 59.2 Å². The zero-order chi connectivity index (χ0) is 23.8. The molecular formula is C25H24FN5O3. The number of aromatic amines is 2. The number of ether oxygens (including phenoxy) is 1. The molecule has 4 aromatic rings. The number of nitrogens with one attached hydrogen (secondary N) is 3. The van der Waals surface area contributed by atoms with Crippen molar-refractivity contribution in [2.45, 2.75) is 19.8 Å². The molecule has 0 amide bonds. The highest BCUT2D eigenvalue weighted by Crippen LogP contribution is 2.35. The van der Waals surface area contributed by atoms with Gasteiger partial charge in [0.1, 0.15) is 17.0 Å². The summed E-state index contributed by atoms with van der Waals surface area (Å²) in [5.74, 6) is -0.169. The first kappa shape index (κ1) is 21.8. The number of phenolic OH excluding ortho intramolecular Hbond substituents is 1. The molecule has 174 valence electrons. The van der Waals surface area contributed by atoms with Gasteiger partial charge in [0.2, 0.25) is 0 Å². The van der Waals surface area contributed by atoms with Crippen molar-refractivity contribution in [1.82, 2.24) is 25.5 Å². The lowest BCUT2D eigenvalue weighted by molar-refractivity contribution is -0.136. The van der Waals surface area contributed by atoms with Crippen LogP contribution in [0, 0.1) is 5.82 Å². The molecule has 0 aliphatic carbocycles. The number of phenols is 1. The van der Waals surface area contributed by atoms with E-state index in [4.69, 9.17) is 4.74 Å². The molecule has 0 atom stereocenters. The Morgan fingerprint density at radius 2 is 2.06 bits per heavy atom. The Hall–Kier alpha value is -3.98. The summed E-state index contributed by atoms with van der Waals surface area (Å²) in [6.07, 6.45) is 2.97. The molecule has 0 unspecified atom stereocenters. The first-order chi connectivity index (χ1) is 16.5. The Bertz CT molecular complexity index is 1440. The van der Waals surface area contributed by atoms with Crippen LogP contribution in [0.3, 0.4) is 0 Å². The number of hydrogen-bond acceptors (Lipinski definition) is 6. The number of rotatable bonds is 5. The number of aryl methyl sites for hydroxylation is 1. The fourth-order valence-electron chi connectivity index (χ4n) is 4.47. The standard InChI is InChI=1S/C25H24FN5O3/c1-3-13-10-14(32)4-5-15(13)17-6-7-18-22(21(17)26)30-31-23(18)24-28-12-20(29-24)16-8-9-27-11-19(16)25(33)34-2/h4-7,10,12,27,32H,3,8-9,11H2,1-2H3,(H,28,29)(H,30,31). The summed E-state index contributed by atoms with van der Waals surface area (Å²) in [4.78, 5) is 19.9. The lowest BCUT2D eigenvalue weighted by atomic mass is 9.96. The molecule has 0 fully saturated rings. The van der Waals surface area contributed by atoms with Gasteiger partial charge in [0.25, 0.3) is 0 Å². The summed E-state index contributed by atoms with van der Waals surface area (Å²) >= 11 is 0. The summed E-state index contributed by atoms with van der Waals surface area (Å²) in [5, 5.41) is 20.7. The second-order valence-corrected chi connectivity index (χ2v) is 8.14. The Morgan fingerprint density at radius 3 is 2.85 bits per heavy atom. The first-order valence-electron chi connectivity index (χ1n) is 11.1. The van der Waals surface area contributed by atoms with Crippen molar-refractivity contribution in [1.29, 1.82) is 0 Å². The molecule has 4 N–H and O–H groups in total. The van der Waals surface area contributed by atoms with E-state index in [1.165, 1.54) is 7.11 Å². The van der Waals surface area contributed by atoms with Crippen LogP contribution in [0.1, 0.15) is 24.6 Å². The Kier molecular flexibility index (Phi) is 5.62. The normalized spacial score (nSPS) is 14.1. The average Bonchev–Trinajstić information content (AvgIpc) is 3.51. The molecule has 0 saturated heterocycles. The number of fused-ring (bicyclic) bond motifs is 1. The Labute approximate surface area is 194 Å². The van der Waals surface area contributed by atoms with Crippen molar-refractivity contribution in [3.63, 3.8) is 0 Å². The minimum Gasteiger partial charge on any atom is -0.508 e. The van der Waals surface area contributed by atoms with Gasteiger partial charge in [-0.05, 0) is 54.3 Å². The van der Waals surface area contributed by atoms with Gasteiger partial charge in [0.15, 0.2) is 11.6 Å². The number of benzene rings is 2. The number of hydrogen-bond donors (Lipinski definition) is 4. The summed E-state index contributed by atoms with van der Waals surface area (Å²) < 4.78 is 20.5. The van der Waals surface area contributed by atoms with E-state index in [1.807, 2.05) is 13.0 Å². The van der Waals surface area contributed by atoms with Gasteiger partial charge in [-0.25, -0.2) is 14.2 Å². The number of aromatic nitrogens is 4. The lowest BCUT2D eigenvalue weighted by Crippen LogP contribution is -2.29. The van der Waals surface area contributed by atoms with Crippen LogP contribution < -0.4 is 5.32 Å². The summed E-state index contributed by atoms with van der Waals surface area (Å²) in [5.41, 5.74) is 4.88. The van der Waals surface area contributed by atoms with Gasteiger partial charge in [0, 0.05) is 17.5 Å². The quantitative estimate of drug-likeness (QED) is 0.335. The third-order valence-electron chi connectivity index (χ3n) is 6.21. The van der Waals surface area contributed by atoms with Gasteiger partial charge in [-0.2, -0.15) is 5.10 Å². The Morgan fingerprint density at radius 1 is 1.24 bits per heavy atom. The van der Waals surface area contributed by atoms with E-state index in [2.05, 4.69) is 25.5 Å². The molecule has 34 heavy (non-hydrogen) atoms. The molecule has 0 bridgehead atoms. The number of carbonyl (C=O) groups excluding carboxylic acids is 1. The third kappa shape index (κ3) is 3.63. The summed E-state index contributed by atoms with van der Waals surface area (Å²) in [7, 11) is 1.36. The van der Waals surface area contributed by atoms with Crippen LogP contribution in [0.4, 0.5) is 4.39 Å². The number of esters is 1. The zero-order valence-electron chi connectivity index (χ0n) is 18.8. The molecule has 1 aliphatic heterocycles. The maximum absolute atomic E-state index is 15.5. The van der Waals surface area contributed by atoms with Crippen molar-refractivity contribution < 1.29 is 19.0 Å². The van der Waals surface area contributed by atoms with Crippen molar-refractivity contribution in [3.8, 4) is 28.4 Å². The Balaban J connectivity index is 1.56. The monoisotopic (exact) mass is 461 g/mol. The maximum Gasteiger partial charge on any atom is 0.335 e. The van der Waals surface area contributed by atoms with Crippen LogP contribution in [0.5, 0.6) is 5.75 Å². The molecule has 0 saturated carbocycles. The van der Waals surface area contributed by atoms with Gasteiger partial charge in [-0.3, -0.25) is 5.10 Å². The largest absolute Gasteiger partial charge is 0.508 e. The number of imidazole rings is 1. The lowest BCUT2D eigenvalue weighted by Gasteiger charge is -2.18. The van der Waals surface area contributed by atoms with E-state index in [0.717, 1.165) is 23.2 Å². The van der Waals surface area contributed by atoms with E-state index < -0.39 is 5.82 Å². The molecule has 5 rings (SSSR count). The van der Waals surface area contributed by atoms with E-state index in [-0.39, 0.29) is 17.2 Å². The first-order valence-corrected chi connectivity index (χ1v) is 11.1. The zero-order valence-corrected chi connectivity index (χ0v) is 18.8. The molecule has 2 aromatic carbocycles. The van der Waals surface area contributed by atoms with Gasteiger partial charge in [-0.1, -0.05) is 19.1 Å². The topological polar surface area (TPSA) is 116 Å². The van der Waals surface area contributed by atoms with Crippen LogP contribution in [-0.2, 0) is 16.0 Å². The van der Waals surface area contributed by atoms with Crippen molar-refractivity contribution >= 4 is 22.4 Å². The fourth-order valence-corrected chi connectivity index (χ4v) is 4.47. The molecule has 2 aromatic heterocycles. The van der Waals surface area contributed by atoms with Crippen LogP contribution in [0.25, 0.3) is 39.1 Å². The van der Waals surface area contributed by atoms with E-state index >= 15 is 4.39 Å². The highest BCUT2D eigenvalue weighted by Gasteiger charge is 2.23. The van der Waals surface area contributed by atoms with Crippen LogP contribution in [0.15, 0.2) is 42.1 Å². The van der Waals surface area contributed by atoms with Gasteiger partial charge < -0.3 is 20.1 Å². The number of methoxy groups -OCH3 is 1. The number of aromatic hydroxyl groups is 1. The summed E-state index contributed by atoms with van der Waals surface area (Å²) in [6, 6.07) is 8.45. The van der Waals surface area contributed by atoms with E-state index in [9.17, 15) is 9.90 Å². The van der Waals surface area contributed by atoms with Crippen molar-refractivity contribution in [2.24, 2.45) is 0 Å². The number of carbonyl (C=O) groups is 1. The van der Waals surface area contributed by atoms with Crippen LogP contribution in [-0.4, -0.2) is 51.4 Å². The van der Waals surface area contributed by atoms with Crippen molar-refractivity contribution in [2.75, 3.05) is 20.2 Å². The number of H-pyrrole nitrogens is 2. The number of nitrogens with zero attached hydrogens (tertiary/aromatic N) is 2. The highest BCUT2D eigenvalue weighted by molar-refractivity contribution is 5.99. The van der Waals surface area contributed by atoms with Gasteiger partial charge >= 0.3 is 5.97 Å². The molecule has 9 heteroatoms. The molecule has 0 radical (unpaired) electrons. The fraction of sp³-hybridized carbons (Fsp3) is 0.240. The maximum atomic E-state index is 15.5. The second-order valence-electron chi connectivity index (χ2n) is 8.14. The third-order valence-corrected chi connectivity index (χ3v) is 6.21. The van der Waals surface area contributed by atoms with Gasteiger partial charge in [0.05, 0.1) is 24.6 Å². The molecule has 0 spiro atoms. The molecule has 1 aliphatic rings. The smallest absolute Gasteiger partial charge is 0.335 e. The molecular weight excluding hydrogens is 437 g/mol. The molecule has 8 nitrogen and oxygen atoms in total. The summed E-state index contributed by atoms with van der Waals surface area (Å²) in [6.45, 7) is 3.12. The second kappa shape index (κ2) is 8.75. The minimum atomic E-state index is -0.443. The molecule has 3 heterocycles. The van der Waals surface area contributed by atoms with Gasteiger partial charge in [-0.15, -0.1) is 0 Å². The van der Waals surface area contributed by atoms with E-state index in [0.29, 0.717) is 53.1 Å². The van der Waals surface area contributed by atoms with Crippen LogP contribution in [0.2, 0.25) is 0 Å². The predicted molar refractivity (Wildman–Crippen MR) is 127 cm³/mol. The average molecular weight is 461 g/mol. The minimum absolute atomic E-state index is 0.150. The SMILES string of the molecule is CCc1cc(O)ccc1-c1ccc2c(-c3ncc(C4=C(C(=O)OC)CNCC4)[nH]3)[nH]nc2c1F.